The quantitative estimate of drug-likeness (QED) is 0.698. The smallest absolute Gasteiger partial charge is 0.234 e. The number of likely N-dealkylation sites (N-methyl/N-ethyl adjacent to an activating group) is 1. The first kappa shape index (κ1) is 15.8. The summed E-state index contributed by atoms with van der Waals surface area (Å²) in [5.74, 6) is 0.912. The molecule has 1 unspecified atom stereocenters. The Hall–Kier alpha value is -1.59. The molecule has 1 aliphatic rings. The Morgan fingerprint density at radius 2 is 2.19 bits per heavy atom. The Balaban J connectivity index is 1.61. The van der Waals surface area contributed by atoms with Crippen molar-refractivity contribution in [3.63, 3.8) is 0 Å². The maximum atomic E-state index is 11.9. The van der Waals surface area contributed by atoms with E-state index in [9.17, 15) is 4.79 Å². The second-order valence-corrected chi connectivity index (χ2v) is 5.34. The van der Waals surface area contributed by atoms with Gasteiger partial charge in [-0.05, 0) is 38.6 Å². The molecule has 1 saturated heterocycles. The summed E-state index contributed by atoms with van der Waals surface area (Å²) in [6.45, 7) is 3.48. The van der Waals surface area contributed by atoms with E-state index in [0.717, 1.165) is 18.8 Å². The van der Waals surface area contributed by atoms with Crippen molar-refractivity contribution in [1.82, 2.24) is 15.5 Å². The van der Waals surface area contributed by atoms with Crippen molar-refractivity contribution < 1.29 is 9.53 Å². The number of nitrogens with zero attached hydrogens (tertiary/aromatic N) is 1. The zero-order valence-electron chi connectivity index (χ0n) is 12.7. The van der Waals surface area contributed by atoms with Crippen molar-refractivity contribution in [2.45, 2.75) is 18.9 Å². The summed E-state index contributed by atoms with van der Waals surface area (Å²) in [6.07, 6.45) is 2.35. The van der Waals surface area contributed by atoms with Crippen LogP contribution in [-0.4, -0.2) is 56.7 Å². The molecule has 1 atom stereocenters. The molecule has 0 spiro atoms. The first-order chi connectivity index (χ1) is 10.3. The number of carbonyl (C=O) groups is 1. The van der Waals surface area contributed by atoms with Gasteiger partial charge < -0.3 is 15.4 Å². The van der Waals surface area contributed by atoms with E-state index in [2.05, 4.69) is 15.5 Å². The van der Waals surface area contributed by atoms with Gasteiger partial charge in [-0.1, -0.05) is 18.2 Å². The fraction of sp³-hybridized carbons (Fsp3) is 0.562. The van der Waals surface area contributed by atoms with Gasteiger partial charge in [-0.15, -0.1) is 0 Å². The molecule has 2 N–H and O–H groups in total. The number of rotatable bonds is 8. The largest absolute Gasteiger partial charge is 0.492 e. The second-order valence-electron chi connectivity index (χ2n) is 5.34. The topological polar surface area (TPSA) is 53.6 Å². The number of likely N-dealkylation sites (tertiary alicyclic amines) is 1. The maximum Gasteiger partial charge on any atom is 0.234 e. The average Bonchev–Trinajstić information content (AvgIpc) is 2.92. The molecule has 1 fully saturated rings. The Kier molecular flexibility index (Phi) is 6.50. The Labute approximate surface area is 126 Å². The lowest BCUT2D eigenvalue weighted by molar-refractivity contribution is -0.122. The van der Waals surface area contributed by atoms with Gasteiger partial charge in [0.25, 0.3) is 0 Å². The number of amides is 1. The molecule has 1 heterocycles. The highest BCUT2D eigenvalue weighted by molar-refractivity contribution is 5.78. The number of benzene rings is 1. The van der Waals surface area contributed by atoms with Crippen LogP contribution in [0.4, 0.5) is 0 Å². The van der Waals surface area contributed by atoms with Crippen LogP contribution in [0, 0.1) is 0 Å². The van der Waals surface area contributed by atoms with Gasteiger partial charge in [-0.2, -0.15) is 0 Å². The van der Waals surface area contributed by atoms with Gasteiger partial charge in [0.05, 0.1) is 13.1 Å². The molecular formula is C16H25N3O2. The Morgan fingerprint density at radius 1 is 1.38 bits per heavy atom. The second kappa shape index (κ2) is 8.64. The van der Waals surface area contributed by atoms with Crippen LogP contribution in [0.2, 0.25) is 0 Å². The molecule has 21 heavy (non-hydrogen) atoms. The molecular weight excluding hydrogens is 266 g/mol. The van der Waals surface area contributed by atoms with Gasteiger partial charge in [-0.25, -0.2) is 0 Å². The van der Waals surface area contributed by atoms with E-state index >= 15 is 0 Å². The van der Waals surface area contributed by atoms with Crippen LogP contribution in [0.5, 0.6) is 5.75 Å². The van der Waals surface area contributed by atoms with Crippen molar-refractivity contribution in [3.05, 3.63) is 30.3 Å². The fourth-order valence-electron chi connectivity index (χ4n) is 2.69. The molecule has 116 valence electrons. The lowest BCUT2D eigenvalue weighted by Crippen LogP contribution is -2.43. The molecule has 0 aromatic heterocycles. The maximum absolute atomic E-state index is 11.9. The van der Waals surface area contributed by atoms with Crippen LogP contribution in [0.15, 0.2) is 30.3 Å². The first-order valence-corrected chi connectivity index (χ1v) is 7.63. The number of nitrogens with one attached hydrogen (secondary N) is 2. The molecule has 2 rings (SSSR count). The normalized spacial score (nSPS) is 18.6. The first-order valence-electron chi connectivity index (χ1n) is 7.63. The van der Waals surface area contributed by atoms with Crippen molar-refractivity contribution >= 4 is 5.91 Å². The molecule has 0 bridgehead atoms. The number of hydrogen-bond donors (Lipinski definition) is 2. The lowest BCUT2D eigenvalue weighted by Gasteiger charge is -2.23. The summed E-state index contributed by atoms with van der Waals surface area (Å²) < 4.78 is 5.55. The number of ether oxygens (including phenoxy) is 1. The summed E-state index contributed by atoms with van der Waals surface area (Å²) in [4.78, 5) is 14.2. The lowest BCUT2D eigenvalue weighted by atomic mass is 10.2. The summed E-state index contributed by atoms with van der Waals surface area (Å²) in [5.41, 5.74) is 0. The molecule has 1 amide bonds. The van der Waals surface area contributed by atoms with Crippen LogP contribution in [0.3, 0.4) is 0 Å². The average molecular weight is 291 g/mol. The molecule has 1 aromatic carbocycles. The summed E-state index contributed by atoms with van der Waals surface area (Å²) in [7, 11) is 1.96. The van der Waals surface area contributed by atoms with Gasteiger partial charge in [-0.3, -0.25) is 9.69 Å². The SMILES string of the molecule is CNCC1CCCN1CC(=O)NCCOc1ccccc1. The molecule has 0 aliphatic carbocycles. The van der Waals surface area contributed by atoms with E-state index in [-0.39, 0.29) is 5.91 Å². The molecule has 0 saturated carbocycles. The highest BCUT2D eigenvalue weighted by Crippen LogP contribution is 2.15. The minimum Gasteiger partial charge on any atom is -0.492 e. The molecule has 1 aromatic rings. The highest BCUT2D eigenvalue weighted by Gasteiger charge is 2.25. The fourth-order valence-corrected chi connectivity index (χ4v) is 2.69. The van der Waals surface area contributed by atoms with Crippen LogP contribution in [0.1, 0.15) is 12.8 Å². The molecule has 5 heteroatoms. The third-order valence-electron chi connectivity index (χ3n) is 3.72. The Morgan fingerprint density at radius 3 is 2.95 bits per heavy atom. The monoisotopic (exact) mass is 291 g/mol. The van der Waals surface area contributed by atoms with E-state index in [1.807, 2.05) is 37.4 Å². The minimum absolute atomic E-state index is 0.0784. The van der Waals surface area contributed by atoms with Gasteiger partial charge in [0, 0.05) is 12.6 Å². The van der Waals surface area contributed by atoms with Gasteiger partial charge in [0.2, 0.25) is 5.91 Å². The van der Waals surface area contributed by atoms with E-state index in [1.165, 1.54) is 12.8 Å². The van der Waals surface area contributed by atoms with Crippen LogP contribution in [-0.2, 0) is 4.79 Å². The third-order valence-corrected chi connectivity index (χ3v) is 3.72. The summed E-state index contributed by atoms with van der Waals surface area (Å²) in [6, 6.07) is 10.1. The summed E-state index contributed by atoms with van der Waals surface area (Å²) in [5, 5.41) is 6.11. The standard InChI is InChI=1S/C16H25N3O2/c1-17-12-14-6-5-10-19(14)13-16(20)18-9-11-21-15-7-3-2-4-8-15/h2-4,7-8,14,17H,5-6,9-13H2,1H3,(H,18,20). The molecule has 1 aliphatic heterocycles. The van der Waals surface area contributed by atoms with Crippen LogP contribution >= 0.6 is 0 Å². The summed E-state index contributed by atoms with van der Waals surface area (Å²) >= 11 is 0. The van der Waals surface area contributed by atoms with Crippen LogP contribution in [0.25, 0.3) is 0 Å². The number of carbonyl (C=O) groups excluding carboxylic acids is 1. The number of para-hydroxylation sites is 1. The molecule has 5 nitrogen and oxygen atoms in total. The van der Waals surface area contributed by atoms with E-state index < -0.39 is 0 Å². The van der Waals surface area contributed by atoms with Gasteiger partial charge in [0.15, 0.2) is 0 Å². The van der Waals surface area contributed by atoms with E-state index in [4.69, 9.17) is 4.74 Å². The predicted molar refractivity (Wildman–Crippen MR) is 83.5 cm³/mol. The predicted octanol–water partition coefficient (Wildman–Crippen LogP) is 0.865. The number of hydrogen-bond acceptors (Lipinski definition) is 4. The van der Waals surface area contributed by atoms with E-state index in [1.54, 1.807) is 0 Å². The van der Waals surface area contributed by atoms with Gasteiger partial charge >= 0.3 is 0 Å². The van der Waals surface area contributed by atoms with E-state index in [0.29, 0.717) is 25.7 Å². The highest BCUT2D eigenvalue weighted by atomic mass is 16.5. The van der Waals surface area contributed by atoms with Crippen LogP contribution < -0.4 is 15.4 Å². The van der Waals surface area contributed by atoms with Crippen molar-refractivity contribution in [2.24, 2.45) is 0 Å². The third kappa shape index (κ3) is 5.36. The van der Waals surface area contributed by atoms with Crippen molar-refractivity contribution in [2.75, 3.05) is 39.8 Å². The zero-order valence-corrected chi connectivity index (χ0v) is 12.7. The zero-order chi connectivity index (χ0) is 14.9. The van der Waals surface area contributed by atoms with Crippen molar-refractivity contribution in [3.8, 4) is 5.75 Å². The Bertz CT molecular complexity index is 425. The van der Waals surface area contributed by atoms with Gasteiger partial charge in [0.1, 0.15) is 12.4 Å². The van der Waals surface area contributed by atoms with Crippen molar-refractivity contribution in [1.29, 1.82) is 0 Å². The molecule has 0 radical (unpaired) electrons. The minimum atomic E-state index is 0.0784.